The molecule has 4 N–H and O–H groups in total. The molecule has 1 unspecified atom stereocenters. The number of nitrogens with two attached hydrogens (primary N) is 2. The summed E-state index contributed by atoms with van der Waals surface area (Å²) in [6.45, 7) is 9.22. The van der Waals surface area contributed by atoms with E-state index in [1.54, 1.807) is 30.7 Å². The van der Waals surface area contributed by atoms with Crippen molar-refractivity contribution in [1.82, 2.24) is 15.0 Å². The van der Waals surface area contributed by atoms with Gasteiger partial charge in [-0.3, -0.25) is 19.7 Å². The van der Waals surface area contributed by atoms with Crippen molar-refractivity contribution in [2.24, 2.45) is 11.5 Å². The molecule has 6 heteroatoms. The third-order valence-corrected chi connectivity index (χ3v) is 6.29. The molecule has 1 aliphatic carbocycles. The molecule has 1 atom stereocenters. The van der Waals surface area contributed by atoms with E-state index in [0.29, 0.717) is 5.69 Å². The first-order valence-corrected chi connectivity index (χ1v) is 13.1. The average Bonchev–Trinajstić information content (AvgIpc) is 3.22. The van der Waals surface area contributed by atoms with Crippen LogP contribution in [0.3, 0.4) is 0 Å². The van der Waals surface area contributed by atoms with Gasteiger partial charge in [0, 0.05) is 48.1 Å². The summed E-state index contributed by atoms with van der Waals surface area (Å²) in [5.41, 5.74) is 17.5. The second-order valence-electron chi connectivity index (χ2n) is 9.30. The first kappa shape index (κ1) is 28.5. The SMILES string of the molecule is CC(C)c1nc2ccnc(C(C(N)=O)c3ccncc3)c2cc1C1=CC=CCC#C1.CC/C=C(\CC)CN. The highest BCUT2D eigenvalue weighted by Gasteiger charge is 2.25. The molecule has 0 spiro atoms. The normalized spacial score (nSPS) is 13.6. The number of fused-ring (bicyclic) bond motifs is 1. The lowest BCUT2D eigenvalue weighted by Gasteiger charge is -2.18. The van der Waals surface area contributed by atoms with E-state index in [2.05, 4.69) is 61.6 Å². The summed E-state index contributed by atoms with van der Waals surface area (Å²) in [5, 5.41) is 0.799. The number of allylic oxidation sites excluding steroid dienone is 5. The Hall–Kier alpha value is -4.08. The summed E-state index contributed by atoms with van der Waals surface area (Å²) in [6, 6.07) is 7.50. The van der Waals surface area contributed by atoms with Crippen LogP contribution in [-0.2, 0) is 4.79 Å². The summed E-state index contributed by atoms with van der Waals surface area (Å²) in [5.74, 6) is 5.47. The maximum absolute atomic E-state index is 12.4. The molecule has 0 radical (unpaired) electrons. The molecular formula is C32H37N5O. The van der Waals surface area contributed by atoms with Crippen molar-refractivity contribution in [3.63, 3.8) is 0 Å². The molecule has 1 amide bonds. The second kappa shape index (κ2) is 14.0. The second-order valence-corrected chi connectivity index (χ2v) is 9.30. The molecule has 0 bridgehead atoms. The molecule has 0 aromatic carbocycles. The molecule has 3 aromatic rings. The lowest BCUT2D eigenvalue weighted by molar-refractivity contribution is -0.118. The van der Waals surface area contributed by atoms with Gasteiger partial charge in [-0.15, -0.1) is 0 Å². The monoisotopic (exact) mass is 507 g/mol. The molecular weight excluding hydrogens is 470 g/mol. The van der Waals surface area contributed by atoms with Crippen molar-refractivity contribution in [3.05, 3.63) is 95.2 Å². The first-order valence-electron chi connectivity index (χ1n) is 13.1. The van der Waals surface area contributed by atoms with Gasteiger partial charge in [0.2, 0.25) is 5.91 Å². The quantitative estimate of drug-likeness (QED) is 0.296. The highest BCUT2D eigenvalue weighted by atomic mass is 16.1. The minimum Gasteiger partial charge on any atom is -0.369 e. The summed E-state index contributed by atoms with van der Waals surface area (Å²) < 4.78 is 0. The van der Waals surface area contributed by atoms with Crippen molar-refractivity contribution in [2.75, 3.05) is 6.54 Å². The highest BCUT2D eigenvalue weighted by molar-refractivity contribution is 5.94. The van der Waals surface area contributed by atoms with Crippen LogP contribution in [0, 0.1) is 11.8 Å². The molecule has 4 rings (SSSR count). The van der Waals surface area contributed by atoms with Crippen molar-refractivity contribution >= 4 is 22.4 Å². The zero-order chi connectivity index (χ0) is 27.5. The molecule has 3 aromatic heterocycles. The zero-order valence-electron chi connectivity index (χ0n) is 22.7. The Kier molecular flexibility index (Phi) is 10.5. The van der Waals surface area contributed by atoms with E-state index in [1.165, 1.54) is 5.57 Å². The fourth-order valence-corrected chi connectivity index (χ4v) is 4.33. The van der Waals surface area contributed by atoms with Crippen LogP contribution < -0.4 is 11.5 Å². The van der Waals surface area contributed by atoms with Gasteiger partial charge in [-0.05, 0) is 54.7 Å². The van der Waals surface area contributed by atoms with E-state index in [1.807, 2.05) is 24.3 Å². The molecule has 1 aliphatic rings. The Morgan fingerprint density at radius 1 is 1.13 bits per heavy atom. The summed E-state index contributed by atoms with van der Waals surface area (Å²) in [6.07, 6.45) is 16.1. The van der Waals surface area contributed by atoms with Gasteiger partial charge in [-0.2, -0.15) is 0 Å². The molecule has 0 aliphatic heterocycles. The van der Waals surface area contributed by atoms with Gasteiger partial charge in [0.25, 0.3) is 0 Å². The summed E-state index contributed by atoms with van der Waals surface area (Å²) in [7, 11) is 0. The molecule has 0 saturated heterocycles. The Morgan fingerprint density at radius 2 is 1.89 bits per heavy atom. The maximum atomic E-state index is 12.4. The Bertz CT molecular complexity index is 1400. The number of pyridine rings is 3. The third kappa shape index (κ3) is 7.02. The first-order chi connectivity index (χ1) is 18.4. The van der Waals surface area contributed by atoms with Crippen LogP contribution in [0.15, 0.2) is 72.7 Å². The molecule has 3 heterocycles. The van der Waals surface area contributed by atoms with Gasteiger partial charge in [-0.25, -0.2) is 0 Å². The van der Waals surface area contributed by atoms with E-state index in [0.717, 1.165) is 59.1 Å². The van der Waals surface area contributed by atoms with Crippen LogP contribution in [-0.4, -0.2) is 27.4 Å². The minimum absolute atomic E-state index is 0.211. The number of hydrogen-bond donors (Lipinski definition) is 2. The van der Waals surface area contributed by atoms with Crippen molar-refractivity contribution in [1.29, 1.82) is 0 Å². The van der Waals surface area contributed by atoms with Crippen LogP contribution in [0.4, 0.5) is 0 Å². The Balaban J connectivity index is 0.000000436. The number of hydrogen-bond acceptors (Lipinski definition) is 5. The lowest BCUT2D eigenvalue weighted by atomic mass is 9.90. The third-order valence-electron chi connectivity index (χ3n) is 6.29. The average molecular weight is 508 g/mol. The number of carbonyl (C=O) groups excluding carboxylic acids is 1. The van der Waals surface area contributed by atoms with Crippen LogP contribution in [0.5, 0.6) is 0 Å². The Morgan fingerprint density at radius 3 is 2.50 bits per heavy atom. The van der Waals surface area contributed by atoms with Gasteiger partial charge < -0.3 is 11.5 Å². The Labute approximate surface area is 226 Å². The van der Waals surface area contributed by atoms with Gasteiger partial charge >= 0.3 is 0 Å². The number of rotatable bonds is 8. The summed E-state index contributed by atoms with van der Waals surface area (Å²) in [4.78, 5) is 26.0. The highest BCUT2D eigenvalue weighted by Crippen LogP contribution is 2.33. The largest absolute Gasteiger partial charge is 0.369 e. The van der Waals surface area contributed by atoms with Crippen LogP contribution in [0.2, 0.25) is 0 Å². The fourth-order valence-electron chi connectivity index (χ4n) is 4.33. The topological polar surface area (TPSA) is 108 Å². The van der Waals surface area contributed by atoms with Crippen molar-refractivity contribution < 1.29 is 4.79 Å². The number of nitrogens with zero attached hydrogens (tertiary/aromatic N) is 3. The zero-order valence-corrected chi connectivity index (χ0v) is 22.7. The van der Waals surface area contributed by atoms with Crippen LogP contribution >= 0.6 is 0 Å². The molecule has 196 valence electrons. The molecule has 38 heavy (non-hydrogen) atoms. The van der Waals surface area contributed by atoms with Gasteiger partial charge in [0.05, 0.1) is 16.9 Å². The fraction of sp³-hybridized carbons (Fsp3) is 0.312. The standard InChI is InChI=1S/C25H22N4O.C7H15N/c1-16(2)23-19(17-7-5-3-4-6-8-17)15-20-21(29-23)11-14-28-24(20)22(25(26)30)18-9-12-27-13-10-18;1-3-5-7(4-2)6-8/h3,5,7,9-16,22H,4H2,1-2H3,(H2,26,30);5H,3-4,6,8H2,1-2H3/b;7-5+. The predicted octanol–water partition coefficient (Wildman–Crippen LogP) is 5.80. The number of amides is 1. The number of carbonyl (C=O) groups is 1. The number of aromatic nitrogens is 3. The predicted molar refractivity (Wildman–Crippen MR) is 156 cm³/mol. The van der Waals surface area contributed by atoms with Gasteiger partial charge in [-0.1, -0.05) is 63.3 Å². The van der Waals surface area contributed by atoms with Crippen LogP contribution in [0.1, 0.15) is 81.3 Å². The van der Waals surface area contributed by atoms with Crippen molar-refractivity contribution in [3.8, 4) is 11.8 Å². The van der Waals surface area contributed by atoms with E-state index in [-0.39, 0.29) is 5.92 Å². The van der Waals surface area contributed by atoms with E-state index in [9.17, 15) is 4.79 Å². The van der Waals surface area contributed by atoms with Crippen molar-refractivity contribution in [2.45, 2.75) is 58.8 Å². The molecule has 0 fully saturated rings. The van der Waals surface area contributed by atoms with Gasteiger partial charge in [0.1, 0.15) is 5.92 Å². The smallest absolute Gasteiger partial charge is 0.231 e. The van der Waals surface area contributed by atoms with Crippen LogP contribution in [0.25, 0.3) is 16.5 Å². The maximum Gasteiger partial charge on any atom is 0.231 e. The molecule has 0 saturated carbocycles. The number of primary amides is 1. The molecule has 6 nitrogen and oxygen atoms in total. The van der Waals surface area contributed by atoms with E-state index < -0.39 is 11.8 Å². The van der Waals surface area contributed by atoms with E-state index >= 15 is 0 Å². The minimum atomic E-state index is -0.689. The van der Waals surface area contributed by atoms with E-state index in [4.69, 9.17) is 16.5 Å². The summed E-state index contributed by atoms with van der Waals surface area (Å²) >= 11 is 0. The van der Waals surface area contributed by atoms with Gasteiger partial charge in [0.15, 0.2) is 0 Å². The lowest BCUT2D eigenvalue weighted by Crippen LogP contribution is -2.23.